The van der Waals surface area contributed by atoms with E-state index < -0.39 is 0 Å². The van der Waals surface area contributed by atoms with Crippen molar-refractivity contribution in [3.8, 4) is 0 Å². The van der Waals surface area contributed by atoms with Gasteiger partial charge in [-0.05, 0) is 36.2 Å². The fourth-order valence-corrected chi connectivity index (χ4v) is 3.52. The second kappa shape index (κ2) is 6.74. The lowest BCUT2D eigenvalue weighted by Gasteiger charge is -2.18. The summed E-state index contributed by atoms with van der Waals surface area (Å²) in [6.45, 7) is 0. The van der Waals surface area contributed by atoms with E-state index in [2.05, 4.69) is 64.9 Å². The molecule has 0 saturated heterocycles. The molecule has 0 aliphatic rings. The maximum absolute atomic E-state index is 4.27. The van der Waals surface area contributed by atoms with E-state index in [1.807, 2.05) is 31.2 Å². The number of fused-ring (bicyclic) bond motifs is 1. The molecule has 21 heavy (non-hydrogen) atoms. The molecule has 0 bridgehead atoms. The monoisotopic (exact) mass is 294 g/mol. The van der Waals surface area contributed by atoms with Gasteiger partial charge in [-0.25, -0.2) is 0 Å². The van der Waals surface area contributed by atoms with Crippen molar-refractivity contribution in [3.63, 3.8) is 0 Å². The zero-order valence-electron chi connectivity index (χ0n) is 12.0. The van der Waals surface area contributed by atoms with E-state index in [1.54, 1.807) is 0 Å². The lowest BCUT2D eigenvalue weighted by atomic mass is 10.0. The lowest BCUT2D eigenvalue weighted by Crippen LogP contribution is -2.19. The Morgan fingerprint density at radius 3 is 2.71 bits per heavy atom. The van der Waals surface area contributed by atoms with Gasteiger partial charge in [0.1, 0.15) is 0 Å². The number of nitrogens with zero attached hydrogens (tertiary/aromatic N) is 1. The largest absolute Gasteiger partial charge is 0.312 e. The van der Waals surface area contributed by atoms with Gasteiger partial charge in [-0.1, -0.05) is 36.4 Å². The summed E-state index contributed by atoms with van der Waals surface area (Å²) in [5.74, 6) is 0.995. The average molecular weight is 294 g/mol. The maximum Gasteiger partial charge on any atom is 0.0419 e. The number of hydrogen-bond acceptors (Lipinski definition) is 3. The number of rotatable bonds is 5. The molecule has 2 aromatic carbocycles. The Kier molecular flexibility index (Phi) is 4.53. The van der Waals surface area contributed by atoms with E-state index in [4.69, 9.17) is 0 Å². The van der Waals surface area contributed by atoms with Crippen molar-refractivity contribution >= 4 is 22.5 Å². The van der Waals surface area contributed by atoms with Crippen LogP contribution in [0.5, 0.6) is 0 Å². The SMILES string of the molecule is CNC(CSc1ccccc1)c1cccc2ccncc12. The van der Waals surface area contributed by atoms with Crippen LogP contribution in [-0.2, 0) is 0 Å². The quantitative estimate of drug-likeness (QED) is 0.711. The van der Waals surface area contributed by atoms with Crippen LogP contribution in [0.3, 0.4) is 0 Å². The van der Waals surface area contributed by atoms with Crippen molar-refractivity contribution < 1.29 is 0 Å². The zero-order chi connectivity index (χ0) is 14.5. The molecule has 0 amide bonds. The summed E-state index contributed by atoms with van der Waals surface area (Å²) in [5, 5.41) is 5.90. The van der Waals surface area contributed by atoms with Crippen molar-refractivity contribution in [3.05, 3.63) is 72.6 Å². The molecule has 0 radical (unpaired) electrons. The third-order valence-corrected chi connectivity index (χ3v) is 4.71. The van der Waals surface area contributed by atoms with Gasteiger partial charge in [0.15, 0.2) is 0 Å². The summed E-state index contributed by atoms with van der Waals surface area (Å²) in [6, 6.07) is 19.3. The van der Waals surface area contributed by atoms with Gasteiger partial charge in [-0.2, -0.15) is 0 Å². The number of thioether (sulfide) groups is 1. The smallest absolute Gasteiger partial charge is 0.0419 e. The average Bonchev–Trinajstić information content (AvgIpc) is 2.56. The highest BCUT2D eigenvalue weighted by Gasteiger charge is 2.12. The van der Waals surface area contributed by atoms with Gasteiger partial charge in [-0.3, -0.25) is 4.98 Å². The molecule has 106 valence electrons. The van der Waals surface area contributed by atoms with Gasteiger partial charge in [0.2, 0.25) is 0 Å². The number of benzene rings is 2. The summed E-state index contributed by atoms with van der Waals surface area (Å²) in [5.41, 5.74) is 1.31. The van der Waals surface area contributed by atoms with Gasteiger partial charge in [0.05, 0.1) is 0 Å². The maximum atomic E-state index is 4.27. The summed E-state index contributed by atoms with van der Waals surface area (Å²) in [6.07, 6.45) is 3.81. The van der Waals surface area contributed by atoms with Gasteiger partial charge < -0.3 is 5.32 Å². The Bertz CT molecular complexity index is 707. The predicted octanol–water partition coefficient (Wildman–Crippen LogP) is 4.29. The predicted molar refractivity (Wildman–Crippen MR) is 90.7 cm³/mol. The molecule has 1 heterocycles. The first-order valence-corrected chi connectivity index (χ1v) is 8.05. The number of aromatic nitrogens is 1. The van der Waals surface area contributed by atoms with Crippen molar-refractivity contribution in [2.24, 2.45) is 0 Å². The number of nitrogens with one attached hydrogen (secondary N) is 1. The summed E-state index contributed by atoms with van der Waals surface area (Å²) in [7, 11) is 2.02. The van der Waals surface area contributed by atoms with E-state index in [0.29, 0.717) is 6.04 Å². The van der Waals surface area contributed by atoms with Crippen LogP contribution in [0.15, 0.2) is 71.9 Å². The van der Waals surface area contributed by atoms with Crippen molar-refractivity contribution in [2.75, 3.05) is 12.8 Å². The highest BCUT2D eigenvalue weighted by Crippen LogP contribution is 2.28. The minimum absolute atomic E-state index is 0.308. The molecular weight excluding hydrogens is 276 g/mol. The molecule has 1 atom stereocenters. The Morgan fingerprint density at radius 2 is 1.90 bits per heavy atom. The molecule has 1 unspecified atom stereocenters. The van der Waals surface area contributed by atoms with Gasteiger partial charge in [0, 0.05) is 34.5 Å². The van der Waals surface area contributed by atoms with Crippen LogP contribution in [0.4, 0.5) is 0 Å². The molecule has 0 spiro atoms. The fraction of sp³-hybridized carbons (Fsp3) is 0.167. The molecule has 2 nitrogen and oxygen atoms in total. The third-order valence-electron chi connectivity index (χ3n) is 3.60. The Morgan fingerprint density at radius 1 is 1.05 bits per heavy atom. The van der Waals surface area contributed by atoms with Crippen LogP contribution in [0.2, 0.25) is 0 Å². The van der Waals surface area contributed by atoms with Crippen molar-refractivity contribution in [1.29, 1.82) is 0 Å². The molecule has 1 N–H and O–H groups in total. The molecule has 3 heteroatoms. The van der Waals surface area contributed by atoms with Crippen LogP contribution < -0.4 is 5.32 Å². The molecular formula is C18H18N2S. The first kappa shape index (κ1) is 14.1. The van der Waals surface area contributed by atoms with E-state index in [0.717, 1.165) is 5.75 Å². The van der Waals surface area contributed by atoms with E-state index in [-0.39, 0.29) is 0 Å². The highest BCUT2D eigenvalue weighted by atomic mass is 32.2. The summed E-state index contributed by atoms with van der Waals surface area (Å²) < 4.78 is 0. The highest BCUT2D eigenvalue weighted by molar-refractivity contribution is 7.99. The molecule has 3 rings (SSSR count). The van der Waals surface area contributed by atoms with Crippen LogP contribution >= 0.6 is 11.8 Å². The molecule has 1 aromatic heterocycles. The van der Waals surface area contributed by atoms with E-state index in [1.165, 1.54) is 21.2 Å². The first-order valence-electron chi connectivity index (χ1n) is 7.06. The van der Waals surface area contributed by atoms with Crippen LogP contribution in [0, 0.1) is 0 Å². The Balaban J connectivity index is 1.85. The molecule has 3 aromatic rings. The summed E-state index contributed by atoms with van der Waals surface area (Å²) >= 11 is 1.87. The number of hydrogen-bond donors (Lipinski definition) is 1. The minimum atomic E-state index is 0.308. The minimum Gasteiger partial charge on any atom is -0.312 e. The molecule has 0 aliphatic heterocycles. The second-order valence-corrected chi connectivity index (χ2v) is 6.00. The Hall–Kier alpha value is -1.84. The van der Waals surface area contributed by atoms with Crippen molar-refractivity contribution in [1.82, 2.24) is 10.3 Å². The van der Waals surface area contributed by atoms with Gasteiger partial charge in [0.25, 0.3) is 0 Å². The topological polar surface area (TPSA) is 24.9 Å². The molecule has 0 fully saturated rings. The fourth-order valence-electron chi connectivity index (χ4n) is 2.47. The van der Waals surface area contributed by atoms with Crippen LogP contribution in [0.1, 0.15) is 11.6 Å². The standard InChI is InChI=1S/C18H18N2S/c1-19-18(13-21-15-7-3-2-4-8-15)16-9-5-6-14-10-11-20-12-17(14)16/h2-12,18-19H,13H2,1H3. The first-order chi connectivity index (χ1) is 10.4. The molecule has 0 aliphatic carbocycles. The Labute approximate surface area is 129 Å². The second-order valence-electron chi connectivity index (χ2n) is 4.91. The van der Waals surface area contributed by atoms with Gasteiger partial charge in [-0.15, -0.1) is 11.8 Å². The normalized spacial score (nSPS) is 12.4. The van der Waals surface area contributed by atoms with E-state index >= 15 is 0 Å². The zero-order valence-corrected chi connectivity index (χ0v) is 12.8. The number of pyridine rings is 1. The summed E-state index contributed by atoms with van der Waals surface area (Å²) in [4.78, 5) is 5.58. The third kappa shape index (κ3) is 3.26. The van der Waals surface area contributed by atoms with Crippen LogP contribution in [-0.4, -0.2) is 17.8 Å². The lowest BCUT2D eigenvalue weighted by molar-refractivity contribution is 0.666. The molecule has 0 saturated carbocycles. The van der Waals surface area contributed by atoms with Crippen LogP contribution in [0.25, 0.3) is 10.8 Å². The van der Waals surface area contributed by atoms with Crippen molar-refractivity contribution in [2.45, 2.75) is 10.9 Å². The van der Waals surface area contributed by atoms with E-state index in [9.17, 15) is 0 Å². The van der Waals surface area contributed by atoms with Gasteiger partial charge >= 0.3 is 0 Å².